The van der Waals surface area contributed by atoms with Crippen molar-refractivity contribution in [1.29, 1.82) is 0 Å². The van der Waals surface area contributed by atoms with E-state index in [0.29, 0.717) is 31.9 Å². The van der Waals surface area contributed by atoms with Gasteiger partial charge in [-0.3, -0.25) is 9.59 Å². The fraction of sp³-hybridized carbons (Fsp3) is 0.308. The van der Waals surface area contributed by atoms with Gasteiger partial charge in [-0.25, -0.2) is 0 Å². The van der Waals surface area contributed by atoms with E-state index in [0.717, 1.165) is 22.2 Å². The van der Waals surface area contributed by atoms with Crippen LogP contribution in [0.1, 0.15) is 26.8 Å². The number of halogens is 1. The first-order valence-electron chi connectivity index (χ1n) is 11.1. The number of para-hydroxylation sites is 1. The third-order valence-corrected chi connectivity index (χ3v) is 7.31. The lowest BCUT2D eigenvalue weighted by atomic mass is 10.0. The van der Waals surface area contributed by atoms with Gasteiger partial charge >= 0.3 is 0 Å². The number of rotatable bonds is 9. The molecule has 1 aromatic heterocycles. The van der Waals surface area contributed by atoms with Crippen molar-refractivity contribution in [2.75, 3.05) is 40.0 Å². The van der Waals surface area contributed by atoms with Gasteiger partial charge < -0.3 is 19.3 Å². The zero-order valence-corrected chi connectivity index (χ0v) is 21.4. The van der Waals surface area contributed by atoms with E-state index in [9.17, 15) is 9.59 Å². The molecule has 2 amide bonds. The molecule has 178 valence electrons. The number of nitrogens with zero attached hydrogens (tertiary/aromatic N) is 2. The molecule has 0 unspecified atom stereocenters. The molecule has 1 aliphatic rings. The normalized spacial score (nSPS) is 15.0. The van der Waals surface area contributed by atoms with Crippen molar-refractivity contribution in [1.82, 2.24) is 9.80 Å². The summed E-state index contributed by atoms with van der Waals surface area (Å²) >= 11 is 5.13. The summed E-state index contributed by atoms with van der Waals surface area (Å²) in [5.41, 5.74) is 1.66. The molecule has 2 aromatic carbocycles. The highest BCUT2D eigenvalue weighted by Gasteiger charge is 2.33. The maximum absolute atomic E-state index is 13.6. The quantitative estimate of drug-likeness (QED) is 0.389. The molecule has 3 aromatic rings. The second-order valence-electron chi connectivity index (χ2n) is 8.01. The number of amides is 2. The van der Waals surface area contributed by atoms with Crippen molar-refractivity contribution in [3.05, 3.63) is 86.5 Å². The number of thiophene rings is 1. The van der Waals surface area contributed by atoms with Crippen molar-refractivity contribution >= 4 is 39.1 Å². The van der Waals surface area contributed by atoms with Crippen LogP contribution in [0.2, 0.25) is 0 Å². The molecular weight excluding hydrogens is 516 g/mol. The average molecular weight is 543 g/mol. The van der Waals surface area contributed by atoms with E-state index in [-0.39, 0.29) is 24.4 Å². The first-order valence-corrected chi connectivity index (χ1v) is 12.8. The molecule has 0 saturated heterocycles. The first-order chi connectivity index (χ1) is 16.6. The number of hydrogen-bond acceptors (Lipinski definition) is 5. The highest BCUT2D eigenvalue weighted by Crippen LogP contribution is 2.34. The SMILES string of the molecule is COCCN(CC(=O)N1CCc2sccc2[C@H]1COc1ccccc1)C(=O)c1cccc(Br)c1. The molecule has 0 aliphatic carbocycles. The largest absolute Gasteiger partial charge is 0.491 e. The van der Waals surface area contributed by atoms with Crippen LogP contribution in [0.5, 0.6) is 5.75 Å². The molecular formula is C26H27BrN2O4S. The number of carbonyl (C=O) groups excluding carboxylic acids is 2. The lowest BCUT2D eigenvalue weighted by Crippen LogP contribution is -2.48. The Hall–Kier alpha value is -2.68. The Morgan fingerprint density at radius 2 is 1.97 bits per heavy atom. The van der Waals surface area contributed by atoms with E-state index in [4.69, 9.17) is 9.47 Å². The van der Waals surface area contributed by atoms with E-state index < -0.39 is 0 Å². The van der Waals surface area contributed by atoms with Crippen LogP contribution >= 0.6 is 27.3 Å². The van der Waals surface area contributed by atoms with E-state index in [1.165, 1.54) is 4.88 Å². The molecule has 1 atom stereocenters. The van der Waals surface area contributed by atoms with E-state index >= 15 is 0 Å². The van der Waals surface area contributed by atoms with E-state index in [2.05, 4.69) is 27.4 Å². The Labute approximate surface area is 212 Å². The minimum atomic E-state index is -0.201. The molecule has 0 spiro atoms. The third-order valence-electron chi connectivity index (χ3n) is 5.82. The minimum Gasteiger partial charge on any atom is -0.491 e. The number of benzene rings is 2. The van der Waals surface area contributed by atoms with Crippen LogP contribution < -0.4 is 4.74 Å². The molecule has 0 N–H and O–H groups in total. The smallest absolute Gasteiger partial charge is 0.254 e. The van der Waals surface area contributed by atoms with Gasteiger partial charge in [-0.2, -0.15) is 0 Å². The number of carbonyl (C=O) groups is 2. The van der Waals surface area contributed by atoms with Gasteiger partial charge in [0.1, 0.15) is 18.9 Å². The Balaban J connectivity index is 1.52. The fourth-order valence-electron chi connectivity index (χ4n) is 4.08. The number of ether oxygens (including phenoxy) is 2. The summed E-state index contributed by atoms with van der Waals surface area (Å²) in [7, 11) is 1.59. The molecule has 0 fully saturated rings. The minimum absolute atomic E-state index is 0.0178. The average Bonchev–Trinajstić information content (AvgIpc) is 3.34. The maximum atomic E-state index is 13.6. The maximum Gasteiger partial charge on any atom is 0.254 e. The van der Waals surface area contributed by atoms with Gasteiger partial charge in [-0.15, -0.1) is 11.3 Å². The van der Waals surface area contributed by atoms with Gasteiger partial charge in [0.2, 0.25) is 5.91 Å². The zero-order valence-electron chi connectivity index (χ0n) is 19.0. The van der Waals surface area contributed by atoms with Crippen LogP contribution in [0, 0.1) is 0 Å². The van der Waals surface area contributed by atoms with Gasteiger partial charge in [-0.05, 0) is 53.8 Å². The van der Waals surface area contributed by atoms with Crippen LogP contribution in [0.25, 0.3) is 0 Å². The van der Waals surface area contributed by atoms with Crippen LogP contribution in [-0.2, 0) is 16.0 Å². The number of fused-ring (bicyclic) bond motifs is 1. The molecule has 6 nitrogen and oxygen atoms in total. The molecule has 0 saturated carbocycles. The Morgan fingerprint density at radius 3 is 2.74 bits per heavy atom. The molecule has 4 rings (SSSR count). The molecule has 1 aliphatic heterocycles. The zero-order chi connectivity index (χ0) is 23.9. The van der Waals surface area contributed by atoms with E-state index in [1.807, 2.05) is 47.4 Å². The Morgan fingerprint density at radius 1 is 1.15 bits per heavy atom. The second-order valence-corrected chi connectivity index (χ2v) is 9.92. The van der Waals surface area contributed by atoms with Gasteiger partial charge in [0.25, 0.3) is 5.91 Å². The summed E-state index contributed by atoms with van der Waals surface area (Å²) in [5, 5.41) is 2.07. The van der Waals surface area contributed by atoms with Crippen molar-refractivity contribution in [2.24, 2.45) is 0 Å². The lowest BCUT2D eigenvalue weighted by Gasteiger charge is -2.37. The molecule has 0 bridgehead atoms. The fourth-order valence-corrected chi connectivity index (χ4v) is 5.41. The van der Waals surface area contributed by atoms with Crippen LogP contribution in [0.4, 0.5) is 0 Å². The molecule has 2 heterocycles. The summed E-state index contributed by atoms with van der Waals surface area (Å²) in [5.74, 6) is 0.471. The van der Waals surface area contributed by atoms with E-state index in [1.54, 1.807) is 35.5 Å². The predicted octanol–water partition coefficient (Wildman–Crippen LogP) is 4.80. The summed E-state index contributed by atoms with van der Waals surface area (Å²) in [6.07, 6.45) is 0.804. The van der Waals surface area contributed by atoms with Crippen molar-refractivity contribution < 1.29 is 19.1 Å². The monoisotopic (exact) mass is 542 g/mol. The predicted molar refractivity (Wildman–Crippen MR) is 136 cm³/mol. The standard InChI is InChI=1S/C26H27BrN2O4S/c1-32-14-13-28(26(31)19-6-5-7-20(27)16-19)17-25(30)29-12-10-24-22(11-15-34-24)23(29)18-33-21-8-3-2-4-9-21/h2-9,11,15-16,23H,10,12-14,17-18H2,1H3/t23-/m1/s1. The highest BCUT2D eigenvalue weighted by atomic mass is 79.9. The van der Waals surface area contributed by atoms with Crippen LogP contribution in [0.3, 0.4) is 0 Å². The highest BCUT2D eigenvalue weighted by molar-refractivity contribution is 9.10. The summed E-state index contributed by atoms with van der Waals surface area (Å²) in [6.45, 7) is 1.62. The van der Waals surface area contributed by atoms with Gasteiger partial charge in [0, 0.05) is 35.1 Å². The number of methoxy groups -OCH3 is 1. The van der Waals surface area contributed by atoms with Gasteiger partial charge in [0.15, 0.2) is 0 Å². The second kappa shape index (κ2) is 11.6. The topological polar surface area (TPSA) is 59.1 Å². The summed E-state index contributed by atoms with van der Waals surface area (Å²) in [6, 6.07) is 18.7. The summed E-state index contributed by atoms with van der Waals surface area (Å²) in [4.78, 5) is 31.5. The third kappa shape index (κ3) is 5.87. The molecule has 34 heavy (non-hydrogen) atoms. The van der Waals surface area contributed by atoms with Gasteiger partial charge in [-0.1, -0.05) is 40.2 Å². The van der Waals surface area contributed by atoms with Crippen molar-refractivity contribution in [2.45, 2.75) is 12.5 Å². The van der Waals surface area contributed by atoms with Crippen LogP contribution in [0.15, 0.2) is 70.5 Å². The Kier molecular flexibility index (Phi) is 8.37. The van der Waals surface area contributed by atoms with Gasteiger partial charge in [0.05, 0.1) is 12.6 Å². The number of hydrogen-bond donors (Lipinski definition) is 0. The lowest BCUT2D eigenvalue weighted by molar-refractivity contribution is -0.135. The summed E-state index contributed by atoms with van der Waals surface area (Å²) < 4.78 is 12.1. The molecule has 8 heteroatoms. The first kappa shape index (κ1) is 24.4. The Bertz CT molecular complexity index is 1120. The van der Waals surface area contributed by atoms with Crippen molar-refractivity contribution in [3.63, 3.8) is 0 Å². The molecule has 0 radical (unpaired) electrons. The van der Waals surface area contributed by atoms with Crippen molar-refractivity contribution in [3.8, 4) is 5.75 Å². The van der Waals surface area contributed by atoms with Crippen LogP contribution in [-0.4, -0.2) is 61.6 Å².